The highest BCUT2D eigenvalue weighted by atomic mass is 16.1. The molecule has 0 heterocycles. The van der Waals surface area contributed by atoms with Crippen molar-refractivity contribution in [2.24, 2.45) is 4.99 Å². The number of hydrogen-bond donors (Lipinski definition) is 1. The van der Waals surface area contributed by atoms with Crippen LogP contribution in [0.3, 0.4) is 0 Å². The zero-order valence-corrected chi connectivity index (χ0v) is 10.4. The minimum atomic E-state index is -0.0233. The van der Waals surface area contributed by atoms with Crippen molar-refractivity contribution in [3.63, 3.8) is 0 Å². The Bertz CT molecular complexity index is 550. The monoisotopic (exact) mass is 241 g/mol. The van der Waals surface area contributed by atoms with Gasteiger partial charge in [-0.3, -0.25) is 4.79 Å². The molecular formula is C14H15N3O. The van der Waals surface area contributed by atoms with Crippen molar-refractivity contribution in [2.75, 3.05) is 24.7 Å². The van der Waals surface area contributed by atoms with Gasteiger partial charge in [0.2, 0.25) is 0 Å². The van der Waals surface area contributed by atoms with Gasteiger partial charge in [0.1, 0.15) is 0 Å². The van der Waals surface area contributed by atoms with Crippen molar-refractivity contribution in [3.05, 3.63) is 42.5 Å². The zero-order valence-electron chi connectivity index (χ0n) is 10.4. The summed E-state index contributed by atoms with van der Waals surface area (Å²) in [5.74, 6) is -0.0233. The van der Waals surface area contributed by atoms with Crippen LogP contribution in [0.4, 0.5) is 17.1 Å². The van der Waals surface area contributed by atoms with E-state index in [0.29, 0.717) is 11.4 Å². The molecule has 1 aromatic carbocycles. The molecule has 2 rings (SSSR count). The summed E-state index contributed by atoms with van der Waals surface area (Å²) in [5, 5.41) is 0. The van der Waals surface area contributed by atoms with Crippen LogP contribution < -0.4 is 10.6 Å². The Morgan fingerprint density at radius 2 is 1.78 bits per heavy atom. The first-order valence-electron chi connectivity index (χ1n) is 5.62. The van der Waals surface area contributed by atoms with Gasteiger partial charge in [0.05, 0.1) is 17.1 Å². The number of hydrogen-bond acceptors (Lipinski definition) is 4. The van der Waals surface area contributed by atoms with Crippen molar-refractivity contribution >= 4 is 28.6 Å². The van der Waals surface area contributed by atoms with Crippen LogP contribution in [-0.4, -0.2) is 25.6 Å². The van der Waals surface area contributed by atoms with Gasteiger partial charge in [0.25, 0.3) is 0 Å². The van der Waals surface area contributed by atoms with Gasteiger partial charge in [0, 0.05) is 19.8 Å². The Balaban J connectivity index is 2.30. The number of aliphatic imine (C=N–C) groups is 1. The van der Waals surface area contributed by atoms with Crippen LogP contribution >= 0.6 is 0 Å². The molecule has 0 amide bonds. The van der Waals surface area contributed by atoms with E-state index in [0.717, 1.165) is 11.4 Å². The average Bonchev–Trinajstić information content (AvgIpc) is 2.34. The smallest absolute Gasteiger partial charge is 0.178 e. The van der Waals surface area contributed by atoms with Crippen molar-refractivity contribution in [1.29, 1.82) is 0 Å². The minimum Gasteiger partial charge on any atom is -0.397 e. The molecule has 0 saturated carbocycles. The van der Waals surface area contributed by atoms with Crippen molar-refractivity contribution in [2.45, 2.75) is 0 Å². The largest absolute Gasteiger partial charge is 0.397 e. The third-order valence-electron chi connectivity index (χ3n) is 2.61. The molecule has 0 radical (unpaired) electrons. The number of nitrogen functional groups attached to an aromatic ring is 1. The lowest BCUT2D eigenvalue weighted by Gasteiger charge is -2.13. The standard InChI is InChI=1S/C14H15N3O/c1-17(2)11-5-8-14(13(15)9-11)16-10-3-6-12(18)7-4-10/h3-9H,15H2,1-2H3. The summed E-state index contributed by atoms with van der Waals surface area (Å²) in [6, 6.07) is 5.70. The molecule has 4 heteroatoms. The Morgan fingerprint density at radius 1 is 1.11 bits per heavy atom. The lowest BCUT2D eigenvalue weighted by molar-refractivity contribution is -0.110. The molecule has 0 unspecified atom stereocenters. The molecule has 1 aliphatic carbocycles. The quantitative estimate of drug-likeness (QED) is 0.637. The van der Waals surface area contributed by atoms with Gasteiger partial charge in [-0.05, 0) is 42.5 Å². The molecule has 1 aromatic rings. The number of benzene rings is 1. The van der Waals surface area contributed by atoms with Gasteiger partial charge < -0.3 is 10.6 Å². The molecule has 0 saturated heterocycles. The van der Waals surface area contributed by atoms with Crippen LogP contribution in [0.5, 0.6) is 0 Å². The fraction of sp³-hybridized carbons (Fsp3) is 0.143. The highest BCUT2D eigenvalue weighted by Crippen LogP contribution is 2.27. The fourth-order valence-electron chi connectivity index (χ4n) is 1.58. The summed E-state index contributed by atoms with van der Waals surface area (Å²) in [6.07, 6.45) is 6.34. The molecule has 92 valence electrons. The zero-order chi connectivity index (χ0) is 13.1. The van der Waals surface area contributed by atoms with Crippen LogP contribution in [0.25, 0.3) is 0 Å². The summed E-state index contributed by atoms with van der Waals surface area (Å²) in [6.45, 7) is 0. The fourth-order valence-corrected chi connectivity index (χ4v) is 1.58. The average molecular weight is 241 g/mol. The van der Waals surface area contributed by atoms with Gasteiger partial charge in [0.15, 0.2) is 5.78 Å². The number of anilines is 2. The number of carbonyl (C=O) groups is 1. The third-order valence-corrected chi connectivity index (χ3v) is 2.61. The van der Waals surface area contributed by atoms with Gasteiger partial charge in [-0.1, -0.05) is 0 Å². The van der Waals surface area contributed by atoms with E-state index in [9.17, 15) is 4.79 Å². The number of allylic oxidation sites excluding steroid dienone is 4. The van der Waals surface area contributed by atoms with E-state index in [1.165, 1.54) is 12.2 Å². The molecule has 0 aliphatic heterocycles. The predicted molar refractivity (Wildman–Crippen MR) is 75.6 cm³/mol. The lowest BCUT2D eigenvalue weighted by Crippen LogP contribution is -2.08. The Morgan fingerprint density at radius 3 is 2.33 bits per heavy atom. The van der Waals surface area contributed by atoms with Crippen molar-refractivity contribution in [3.8, 4) is 0 Å². The molecule has 0 aromatic heterocycles. The molecule has 2 N–H and O–H groups in total. The Hall–Kier alpha value is -2.36. The van der Waals surface area contributed by atoms with Crippen molar-refractivity contribution < 1.29 is 4.79 Å². The van der Waals surface area contributed by atoms with Gasteiger partial charge in [-0.25, -0.2) is 4.99 Å². The molecule has 0 bridgehead atoms. The summed E-state index contributed by atoms with van der Waals surface area (Å²) in [4.78, 5) is 17.4. The van der Waals surface area contributed by atoms with E-state index in [1.54, 1.807) is 12.2 Å². The number of carbonyl (C=O) groups excluding carboxylic acids is 1. The molecule has 0 fully saturated rings. The topological polar surface area (TPSA) is 58.7 Å². The van der Waals surface area contributed by atoms with E-state index in [1.807, 2.05) is 37.2 Å². The predicted octanol–water partition coefficient (Wildman–Crippen LogP) is 2.10. The maximum absolute atomic E-state index is 11.0. The molecule has 0 spiro atoms. The molecule has 4 nitrogen and oxygen atoms in total. The molecule has 1 aliphatic rings. The maximum Gasteiger partial charge on any atom is 0.178 e. The van der Waals surface area contributed by atoms with Gasteiger partial charge in [-0.15, -0.1) is 0 Å². The van der Waals surface area contributed by atoms with Gasteiger partial charge in [-0.2, -0.15) is 0 Å². The normalized spacial score (nSPS) is 13.9. The number of nitrogens with zero attached hydrogens (tertiary/aromatic N) is 2. The van der Waals surface area contributed by atoms with Crippen LogP contribution in [0.15, 0.2) is 47.5 Å². The SMILES string of the molecule is CN(C)c1ccc(N=C2C=CC(=O)C=C2)c(N)c1. The number of nitrogens with two attached hydrogens (primary N) is 1. The second kappa shape index (κ2) is 4.87. The van der Waals surface area contributed by atoms with Crippen LogP contribution in [0, 0.1) is 0 Å². The highest BCUT2D eigenvalue weighted by Gasteiger charge is 2.04. The van der Waals surface area contributed by atoms with Crippen molar-refractivity contribution in [1.82, 2.24) is 0 Å². The van der Waals surface area contributed by atoms with E-state index in [-0.39, 0.29) is 5.78 Å². The Labute approximate surface area is 106 Å². The van der Waals surface area contributed by atoms with Crippen LogP contribution in [0.2, 0.25) is 0 Å². The van der Waals surface area contributed by atoms with E-state index < -0.39 is 0 Å². The first kappa shape index (κ1) is 12.1. The van der Waals surface area contributed by atoms with Crippen LogP contribution in [0.1, 0.15) is 0 Å². The molecular weight excluding hydrogens is 226 g/mol. The maximum atomic E-state index is 11.0. The summed E-state index contributed by atoms with van der Waals surface area (Å²) in [7, 11) is 3.91. The molecule has 0 atom stereocenters. The Kier molecular flexibility index (Phi) is 3.28. The highest BCUT2D eigenvalue weighted by molar-refractivity contribution is 6.17. The minimum absolute atomic E-state index is 0.0233. The van der Waals surface area contributed by atoms with E-state index in [4.69, 9.17) is 5.73 Å². The summed E-state index contributed by atoms with van der Waals surface area (Å²) in [5.41, 5.74) is 9.03. The third kappa shape index (κ3) is 2.66. The summed E-state index contributed by atoms with van der Waals surface area (Å²) >= 11 is 0. The van der Waals surface area contributed by atoms with Crippen LogP contribution in [-0.2, 0) is 4.79 Å². The summed E-state index contributed by atoms with van der Waals surface area (Å²) < 4.78 is 0. The second-order valence-corrected chi connectivity index (χ2v) is 4.24. The van der Waals surface area contributed by atoms with E-state index >= 15 is 0 Å². The second-order valence-electron chi connectivity index (χ2n) is 4.24. The first-order valence-corrected chi connectivity index (χ1v) is 5.62. The molecule has 18 heavy (non-hydrogen) atoms. The first-order chi connectivity index (χ1) is 8.56. The van der Waals surface area contributed by atoms with E-state index in [2.05, 4.69) is 4.99 Å². The number of rotatable bonds is 2. The lowest BCUT2D eigenvalue weighted by atomic mass is 10.1. The number of ketones is 1. The van der Waals surface area contributed by atoms with Gasteiger partial charge >= 0.3 is 0 Å².